The highest BCUT2D eigenvalue weighted by Crippen LogP contribution is 2.26. The van der Waals surface area contributed by atoms with E-state index in [4.69, 9.17) is 20.8 Å². The molecular formula is C21H21ClN4O4. The molecular weight excluding hydrogens is 408 g/mol. The maximum atomic E-state index is 13.0. The van der Waals surface area contributed by atoms with Crippen molar-refractivity contribution in [1.29, 1.82) is 5.26 Å². The highest BCUT2D eigenvalue weighted by atomic mass is 35.5. The second-order valence-electron chi connectivity index (χ2n) is 6.90. The van der Waals surface area contributed by atoms with Gasteiger partial charge in [0.25, 0.3) is 11.8 Å². The number of carbonyl (C=O) groups excluding carboxylic acids is 2. The van der Waals surface area contributed by atoms with Crippen molar-refractivity contribution in [2.75, 3.05) is 26.7 Å². The lowest BCUT2D eigenvalue weighted by Gasteiger charge is -2.33. The molecule has 0 aliphatic carbocycles. The van der Waals surface area contributed by atoms with Crippen molar-refractivity contribution in [3.8, 4) is 11.8 Å². The maximum Gasteiger partial charge on any atom is 0.262 e. The first-order valence-electron chi connectivity index (χ1n) is 9.42. The molecule has 1 aliphatic heterocycles. The monoisotopic (exact) mass is 428 g/mol. The van der Waals surface area contributed by atoms with Gasteiger partial charge in [-0.3, -0.25) is 9.59 Å². The van der Waals surface area contributed by atoms with E-state index in [2.05, 4.69) is 10.3 Å². The van der Waals surface area contributed by atoms with Crippen LogP contribution in [0, 0.1) is 17.2 Å². The third kappa shape index (κ3) is 5.19. The van der Waals surface area contributed by atoms with Crippen molar-refractivity contribution in [2.45, 2.75) is 12.8 Å². The minimum Gasteiger partial charge on any atom is -0.496 e. The van der Waals surface area contributed by atoms with Gasteiger partial charge in [-0.2, -0.15) is 5.26 Å². The lowest BCUT2D eigenvalue weighted by atomic mass is 9.97. The number of hydrogen-bond donors (Lipinski definition) is 1. The Bertz CT molecular complexity index is 981. The summed E-state index contributed by atoms with van der Waals surface area (Å²) in [5.74, 6) is -0.102. The van der Waals surface area contributed by atoms with Gasteiger partial charge < -0.3 is 19.4 Å². The van der Waals surface area contributed by atoms with Crippen LogP contribution in [0.3, 0.4) is 0 Å². The fourth-order valence-electron chi connectivity index (χ4n) is 3.36. The summed E-state index contributed by atoms with van der Waals surface area (Å²) in [6.45, 7) is 1.46. The topological polar surface area (TPSA) is 108 Å². The van der Waals surface area contributed by atoms with Crippen molar-refractivity contribution < 1.29 is 18.7 Å². The van der Waals surface area contributed by atoms with Crippen molar-refractivity contribution >= 4 is 29.5 Å². The first-order valence-corrected chi connectivity index (χ1v) is 9.80. The number of nitrogens with zero attached hydrogens (tertiary/aromatic N) is 3. The zero-order valence-electron chi connectivity index (χ0n) is 16.4. The number of nitriles is 1. The molecule has 1 aromatic heterocycles. The number of likely N-dealkylation sites (tertiary alicyclic amines) is 1. The van der Waals surface area contributed by atoms with Crippen LogP contribution in [0.2, 0.25) is 5.02 Å². The Morgan fingerprint density at radius 1 is 1.50 bits per heavy atom. The molecule has 9 heteroatoms. The second kappa shape index (κ2) is 9.94. The van der Waals surface area contributed by atoms with Gasteiger partial charge in [0.15, 0.2) is 6.39 Å². The van der Waals surface area contributed by atoms with Gasteiger partial charge in [0.05, 0.1) is 12.7 Å². The molecule has 0 radical (unpaired) electrons. The number of piperidine rings is 1. The highest BCUT2D eigenvalue weighted by molar-refractivity contribution is 6.31. The van der Waals surface area contributed by atoms with Gasteiger partial charge in [0.2, 0.25) is 0 Å². The predicted molar refractivity (Wildman–Crippen MR) is 110 cm³/mol. The first kappa shape index (κ1) is 21.4. The summed E-state index contributed by atoms with van der Waals surface area (Å²) in [5.41, 5.74) is 0.750. The molecule has 30 heavy (non-hydrogen) atoms. The molecule has 1 saturated heterocycles. The van der Waals surface area contributed by atoms with Gasteiger partial charge in [-0.05, 0) is 43.0 Å². The van der Waals surface area contributed by atoms with Crippen molar-refractivity contribution in [3.05, 3.63) is 52.7 Å². The number of carbonyl (C=O) groups is 2. The molecule has 0 spiro atoms. The van der Waals surface area contributed by atoms with E-state index in [1.807, 2.05) is 6.07 Å². The zero-order chi connectivity index (χ0) is 21.5. The normalized spacial score (nSPS) is 16.6. The van der Waals surface area contributed by atoms with Crippen LogP contribution in [0.25, 0.3) is 6.08 Å². The molecule has 1 aromatic carbocycles. The third-order valence-corrected chi connectivity index (χ3v) is 5.09. The lowest BCUT2D eigenvalue weighted by Crippen LogP contribution is -2.44. The molecule has 2 aromatic rings. The number of aromatic nitrogens is 1. The Hall–Kier alpha value is -3.31. The van der Waals surface area contributed by atoms with E-state index in [1.54, 1.807) is 23.1 Å². The average molecular weight is 429 g/mol. The van der Waals surface area contributed by atoms with Crippen LogP contribution in [0.4, 0.5) is 0 Å². The number of halogens is 1. The average Bonchev–Trinajstić information content (AvgIpc) is 3.28. The van der Waals surface area contributed by atoms with Gasteiger partial charge >= 0.3 is 0 Å². The fourth-order valence-corrected chi connectivity index (χ4v) is 3.53. The smallest absolute Gasteiger partial charge is 0.262 e. The minimum atomic E-state index is -0.486. The number of ether oxygens (including phenoxy) is 1. The molecule has 2 amide bonds. The number of benzene rings is 1. The largest absolute Gasteiger partial charge is 0.496 e. The van der Waals surface area contributed by atoms with Gasteiger partial charge in [0.1, 0.15) is 29.3 Å². The summed E-state index contributed by atoms with van der Waals surface area (Å²) in [6, 6.07) is 6.81. The van der Waals surface area contributed by atoms with Gasteiger partial charge in [-0.15, -0.1) is 0 Å². The number of methoxy groups -OCH3 is 1. The Morgan fingerprint density at radius 2 is 2.33 bits per heavy atom. The van der Waals surface area contributed by atoms with Gasteiger partial charge in [0, 0.05) is 24.7 Å². The summed E-state index contributed by atoms with van der Waals surface area (Å²) in [5, 5.41) is 12.5. The lowest BCUT2D eigenvalue weighted by molar-refractivity contribution is -0.117. The summed E-state index contributed by atoms with van der Waals surface area (Å²) < 4.78 is 10.1. The number of amides is 2. The van der Waals surface area contributed by atoms with Crippen LogP contribution in [0.5, 0.6) is 5.75 Å². The SMILES string of the molecule is COc1ccc(Cl)cc1C(=O)N1CCC[C@H](CNC(=O)/C(C#N)=C/c2cocn2)C1. The molecule has 1 fully saturated rings. The number of nitrogens with one attached hydrogen (secondary N) is 1. The summed E-state index contributed by atoms with van der Waals surface area (Å²) in [6.07, 6.45) is 5.61. The summed E-state index contributed by atoms with van der Waals surface area (Å²) >= 11 is 6.05. The van der Waals surface area contributed by atoms with Crippen molar-refractivity contribution in [1.82, 2.24) is 15.2 Å². The Morgan fingerprint density at radius 3 is 3.03 bits per heavy atom. The minimum absolute atomic E-state index is 0.0590. The molecule has 0 saturated carbocycles. The van der Waals surface area contributed by atoms with E-state index in [0.717, 1.165) is 12.8 Å². The Labute approximate surface area is 179 Å². The standard InChI is InChI=1S/C21H21ClN4O4/c1-29-19-5-4-16(22)8-18(19)21(28)26-6-2-3-14(11-26)10-24-20(27)15(9-23)7-17-12-30-13-25-17/h4-5,7-8,12-14H,2-3,6,10-11H2,1H3,(H,24,27)/b15-7+/t14-/m1/s1. The van der Waals surface area contributed by atoms with Crippen molar-refractivity contribution in [3.63, 3.8) is 0 Å². The van der Waals surface area contributed by atoms with E-state index in [0.29, 0.717) is 41.7 Å². The van der Waals surface area contributed by atoms with Crippen LogP contribution in [-0.4, -0.2) is 48.4 Å². The van der Waals surface area contributed by atoms with E-state index in [1.165, 1.54) is 25.8 Å². The second-order valence-corrected chi connectivity index (χ2v) is 7.33. The third-order valence-electron chi connectivity index (χ3n) is 4.86. The zero-order valence-corrected chi connectivity index (χ0v) is 17.2. The highest BCUT2D eigenvalue weighted by Gasteiger charge is 2.27. The molecule has 8 nitrogen and oxygen atoms in total. The Balaban J connectivity index is 1.61. The van der Waals surface area contributed by atoms with E-state index < -0.39 is 5.91 Å². The molecule has 2 heterocycles. The molecule has 1 N–H and O–H groups in total. The first-order chi connectivity index (χ1) is 14.5. The van der Waals surface area contributed by atoms with Crippen LogP contribution < -0.4 is 10.1 Å². The Kier molecular flexibility index (Phi) is 7.09. The van der Waals surface area contributed by atoms with E-state index in [-0.39, 0.29) is 17.4 Å². The van der Waals surface area contributed by atoms with Crippen LogP contribution >= 0.6 is 11.6 Å². The molecule has 156 valence electrons. The van der Waals surface area contributed by atoms with E-state index >= 15 is 0 Å². The number of oxazole rings is 1. The molecule has 3 rings (SSSR count). The predicted octanol–water partition coefficient (Wildman–Crippen LogP) is 2.91. The quantitative estimate of drug-likeness (QED) is 0.559. The van der Waals surface area contributed by atoms with Crippen LogP contribution in [0.15, 0.2) is 40.8 Å². The molecule has 0 unspecified atom stereocenters. The van der Waals surface area contributed by atoms with E-state index in [9.17, 15) is 14.9 Å². The van der Waals surface area contributed by atoms with Gasteiger partial charge in [-0.25, -0.2) is 4.98 Å². The van der Waals surface area contributed by atoms with Gasteiger partial charge in [-0.1, -0.05) is 11.6 Å². The van der Waals surface area contributed by atoms with Crippen LogP contribution in [-0.2, 0) is 4.79 Å². The summed E-state index contributed by atoms with van der Waals surface area (Å²) in [4.78, 5) is 30.9. The maximum absolute atomic E-state index is 13.0. The van der Waals surface area contributed by atoms with Crippen LogP contribution in [0.1, 0.15) is 28.9 Å². The molecule has 1 atom stereocenters. The number of hydrogen-bond acceptors (Lipinski definition) is 6. The molecule has 1 aliphatic rings. The van der Waals surface area contributed by atoms with Crippen molar-refractivity contribution in [2.24, 2.45) is 5.92 Å². The number of rotatable bonds is 6. The summed E-state index contributed by atoms with van der Waals surface area (Å²) in [7, 11) is 1.51. The fraction of sp³-hybridized carbons (Fsp3) is 0.333. The molecule has 0 bridgehead atoms.